The van der Waals surface area contributed by atoms with Gasteiger partial charge in [0.15, 0.2) is 0 Å². The van der Waals surface area contributed by atoms with E-state index in [-0.39, 0.29) is 52.0 Å². The number of hydrogen-bond acceptors (Lipinski definition) is 1. The van der Waals surface area contributed by atoms with Crippen LogP contribution in [0.2, 0.25) is 0 Å². The molecule has 0 aromatic rings. The number of amides is 1. The van der Waals surface area contributed by atoms with Crippen LogP contribution in [-0.4, -0.2) is 30.9 Å². The SMILES string of the molecule is CN(C)C=O.O.[Br-].[Na+]. The summed E-state index contributed by atoms with van der Waals surface area (Å²) < 4.78 is 0. The molecule has 0 aliphatic heterocycles. The van der Waals surface area contributed by atoms with Crippen LogP contribution in [-0.2, 0) is 4.79 Å². The molecular weight excluding hydrogens is 185 g/mol. The minimum absolute atomic E-state index is 0. The number of carbonyl (C=O) groups is 1. The fraction of sp³-hybridized carbons (Fsp3) is 0.667. The van der Waals surface area contributed by atoms with Gasteiger partial charge in [-0.3, -0.25) is 4.79 Å². The van der Waals surface area contributed by atoms with E-state index in [1.54, 1.807) is 14.1 Å². The normalized spacial score (nSPS) is 4.25. The molecule has 0 heterocycles. The summed E-state index contributed by atoms with van der Waals surface area (Å²) >= 11 is 0. The van der Waals surface area contributed by atoms with Gasteiger partial charge in [0.05, 0.1) is 0 Å². The van der Waals surface area contributed by atoms with Gasteiger partial charge in [-0.25, -0.2) is 0 Å². The third kappa shape index (κ3) is 28.5. The quantitative estimate of drug-likeness (QED) is 0.302. The molecule has 0 aliphatic rings. The van der Waals surface area contributed by atoms with Crippen molar-refractivity contribution in [3.05, 3.63) is 0 Å². The largest absolute Gasteiger partial charge is 1.00 e. The van der Waals surface area contributed by atoms with E-state index in [4.69, 9.17) is 0 Å². The number of hydrogen-bond donors (Lipinski definition) is 0. The molecule has 1 amide bonds. The van der Waals surface area contributed by atoms with Crippen molar-refractivity contribution in [1.29, 1.82) is 0 Å². The predicted molar refractivity (Wildman–Crippen MR) is 23.4 cm³/mol. The first-order valence-corrected chi connectivity index (χ1v) is 1.39. The Morgan fingerprint density at radius 3 is 1.50 bits per heavy atom. The van der Waals surface area contributed by atoms with Gasteiger partial charge in [-0.1, -0.05) is 0 Å². The molecule has 46 valence electrons. The molecule has 0 atom stereocenters. The van der Waals surface area contributed by atoms with Crippen LogP contribution in [0.25, 0.3) is 0 Å². The molecule has 2 N–H and O–H groups in total. The summed E-state index contributed by atoms with van der Waals surface area (Å²) in [5.74, 6) is 0. The summed E-state index contributed by atoms with van der Waals surface area (Å²) in [5.41, 5.74) is 0. The molecule has 0 rings (SSSR count). The zero-order chi connectivity index (χ0) is 4.28. The van der Waals surface area contributed by atoms with Gasteiger partial charge < -0.3 is 27.4 Å². The monoisotopic (exact) mass is 193 g/mol. The third-order valence-corrected chi connectivity index (χ3v) is 0.211. The van der Waals surface area contributed by atoms with Crippen molar-refractivity contribution < 1.29 is 56.8 Å². The molecular formula is C3H9BrNNaO2. The Balaban J connectivity index is -0.0000000267. The Kier molecular flexibility index (Phi) is 45.3. The molecule has 0 aliphatic carbocycles. The van der Waals surface area contributed by atoms with E-state index in [1.165, 1.54) is 4.90 Å². The Morgan fingerprint density at radius 1 is 1.38 bits per heavy atom. The van der Waals surface area contributed by atoms with E-state index in [0.717, 1.165) is 6.41 Å². The Bertz CT molecular complexity index is 44.3. The van der Waals surface area contributed by atoms with Crippen LogP contribution < -0.4 is 46.5 Å². The third-order valence-electron chi connectivity index (χ3n) is 0.211. The predicted octanol–water partition coefficient (Wildman–Crippen LogP) is -7.11. The summed E-state index contributed by atoms with van der Waals surface area (Å²) in [5, 5.41) is 0. The fourth-order valence-electron chi connectivity index (χ4n) is 0. The molecule has 0 fully saturated rings. The van der Waals surface area contributed by atoms with Crippen molar-refractivity contribution in [3.8, 4) is 0 Å². The van der Waals surface area contributed by atoms with Gasteiger partial charge >= 0.3 is 29.6 Å². The van der Waals surface area contributed by atoms with Crippen molar-refractivity contribution in [3.63, 3.8) is 0 Å². The van der Waals surface area contributed by atoms with Crippen LogP contribution in [0.15, 0.2) is 0 Å². The molecule has 0 aromatic carbocycles. The van der Waals surface area contributed by atoms with Gasteiger partial charge in [0.1, 0.15) is 0 Å². The standard InChI is InChI=1S/C3H7NO.BrH.Na.H2O/c1-4(2)3-5;;;/h3H,1-2H3;1H;;1H2/q;;+1;/p-1. The molecule has 0 unspecified atom stereocenters. The molecule has 0 spiro atoms. The van der Waals surface area contributed by atoms with Crippen molar-refractivity contribution in [2.75, 3.05) is 14.1 Å². The van der Waals surface area contributed by atoms with Gasteiger partial charge in [0.2, 0.25) is 6.41 Å². The van der Waals surface area contributed by atoms with Gasteiger partial charge in [-0.2, -0.15) is 0 Å². The van der Waals surface area contributed by atoms with Gasteiger partial charge in [0.25, 0.3) is 0 Å². The number of nitrogens with zero attached hydrogens (tertiary/aromatic N) is 1. The zero-order valence-electron chi connectivity index (χ0n) is 5.31. The summed E-state index contributed by atoms with van der Waals surface area (Å²) in [4.78, 5) is 10.9. The summed E-state index contributed by atoms with van der Waals surface area (Å²) in [6.07, 6.45) is 0.750. The van der Waals surface area contributed by atoms with Crippen molar-refractivity contribution >= 4 is 6.41 Å². The minimum atomic E-state index is 0. The topological polar surface area (TPSA) is 51.8 Å². The molecule has 0 radical (unpaired) electrons. The fourth-order valence-corrected chi connectivity index (χ4v) is 0. The summed E-state index contributed by atoms with van der Waals surface area (Å²) in [6.45, 7) is 0. The van der Waals surface area contributed by atoms with Crippen LogP contribution in [0.5, 0.6) is 0 Å². The van der Waals surface area contributed by atoms with Crippen molar-refractivity contribution in [2.45, 2.75) is 0 Å². The van der Waals surface area contributed by atoms with E-state index in [9.17, 15) is 4.79 Å². The van der Waals surface area contributed by atoms with Crippen LogP contribution in [0.4, 0.5) is 0 Å². The molecule has 0 aromatic heterocycles. The molecule has 8 heavy (non-hydrogen) atoms. The maximum absolute atomic E-state index is 9.43. The summed E-state index contributed by atoms with van der Waals surface area (Å²) in [7, 11) is 3.38. The second-order valence-electron chi connectivity index (χ2n) is 1.07. The van der Waals surface area contributed by atoms with Crippen LogP contribution in [0.1, 0.15) is 0 Å². The average molecular weight is 194 g/mol. The maximum Gasteiger partial charge on any atom is 1.00 e. The Labute approximate surface area is 81.8 Å². The van der Waals surface area contributed by atoms with Crippen molar-refractivity contribution in [2.24, 2.45) is 0 Å². The van der Waals surface area contributed by atoms with Gasteiger partial charge in [-0.15, -0.1) is 0 Å². The van der Waals surface area contributed by atoms with Crippen molar-refractivity contribution in [1.82, 2.24) is 4.90 Å². The Hall–Kier alpha value is 0.910. The van der Waals surface area contributed by atoms with E-state index in [0.29, 0.717) is 0 Å². The molecule has 0 saturated carbocycles. The van der Waals surface area contributed by atoms with E-state index in [1.807, 2.05) is 0 Å². The number of halogens is 1. The second kappa shape index (κ2) is 15.7. The van der Waals surface area contributed by atoms with Crippen LogP contribution in [0, 0.1) is 0 Å². The molecule has 0 saturated heterocycles. The van der Waals surface area contributed by atoms with E-state index < -0.39 is 0 Å². The maximum atomic E-state index is 9.43. The zero-order valence-corrected chi connectivity index (χ0v) is 8.90. The van der Waals surface area contributed by atoms with Crippen LogP contribution >= 0.6 is 0 Å². The summed E-state index contributed by atoms with van der Waals surface area (Å²) in [6, 6.07) is 0. The first-order valence-electron chi connectivity index (χ1n) is 1.39. The first-order chi connectivity index (χ1) is 2.27. The molecule has 5 heteroatoms. The second-order valence-corrected chi connectivity index (χ2v) is 1.07. The average Bonchev–Trinajstić information content (AvgIpc) is 1.38. The smallest absolute Gasteiger partial charge is 1.00 e. The molecule has 3 nitrogen and oxygen atoms in total. The Morgan fingerprint density at radius 2 is 1.50 bits per heavy atom. The number of carbonyl (C=O) groups excluding carboxylic acids is 1. The van der Waals surface area contributed by atoms with E-state index in [2.05, 4.69) is 0 Å². The molecule has 0 bridgehead atoms. The van der Waals surface area contributed by atoms with Gasteiger partial charge in [-0.05, 0) is 0 Å². The minimum Gasteiger partial charge on any atom is -1.00 e. The van der Waals surface area contributed by atoms with Crippen LogP contribution in [0.3, 0.4) is 0 Å². The van der Waals surface area contributed by atoms with Gasteiger partial charge in [0, 0.05) is 14.1 Å². The number of rotatable bonds is 1. The van der Waals surface area contributed by atoms with E-state index >= 15 is 0 Å². The first kappa shape index (κ1) is 23.1.